The molecule has 0 saturated heterocycles. The van der Waals surface area contributed by atoms with Gasteiger partial charge in [0.2, 0.25) is 0 Å². The fourth-order valence-electron chi connectivity index (χ4n) is 8.52. The van der Waals surface area contributed by atoms with Crippen LogP contribution >= 0.6 is 0 Å². The Morgan fingerprint density at radius 1 is 0.358 bits per heavy atom. The summed E-state index contributed by atoms with van der Waals surface area (Å²) in [5.41, 5.74) is 11.3. The minimum Gasteiger partial charge on any atom is -0.314 e. The number of nitrogens with zero attached hydrogens (tertiary/aromatic N) is 1. The molecule has 0 radical (unpaired) electrons. The fraction of sp³-hybridized carbons (Fsp3) is 0.0385. The molecule has 0 fully saturated rings. The molecular weight excluding hydrogens is 639 g/mol. The van der Waals surface area contributed by atoms with Gasteiger partial charge in [0, 0.05) is 17.1 Å². The average Bonchev–Trinajstić information content (AvgIpc) is 3.24. The molecule has 53 heavy (non-hydrogen) atoms. The number of fused-ring (bicyclic) bond motifs is 7. The Morgan fingerprint density at radius 3 is 1.58 bits per heavy atom. The summed E-state index contributed by atoms with van der Waals surface area (Å²) in [5.74, 6) is 0. The Balaban J connectivity index is 1.25. The molecule has 1 nitrogen and oxygen atoms in total. The van der Waals surface area contributed by atoms with E-state index in [2.05, 4.69) is 205 Å². The van der Waals surface area contributed by atoms with Crippen molar-refractivity contribution >= 4 is 60.0 Å². The van der Waals surface area contributed by atoms with Crippen LogP contribution < -0.4 is 4.90 Å². The monoisotopic (exact) mass is 675 g/mol. The van der Waals surface area contributed by atoms with Crippen LogP contribution in [0.1, 0.15) is 18.4 Å². The Bertz CT molecular complexity index is 2870. The van der Waals surface area contributed by atoms with E-state index >= 15 is 0 Å². The van der Waals surface area contributed by atoms with Crippen molar-refractivity contribution in [2.75, 3.05) is 4.90 Å². The summed E-state index contributed by atoms with van der Waals surface area (Å²) >= 11 is 0. The highest BCUT2D eigenvalue weighted by Gasteiger charge is 2.24. The van der Waals surface area contributed by atoms with Crippen molar-refractivity contribution in [3.05, 3.63) is 211 Å². The molecule has 0 unspecified atom stereocenters. The SMILES string of the molecule is C1=C(c2cc(-c3ccccc3)c(-c3ccccc3)c3c4ccccc4c4ccccc4c23)CCC(N(c2ccccc2)c2ccc3ccccc3c2)=C1. The highest BCUT2D eigenvalue weighted by atomic mass is 15.1. The van der Waals surface area contributed by atoms with Crippen LogP contribution in [0.25, 0.3) is 70.9 Å². The summed E-state index contributed by atoms with van der Waals surface area (Å²) in [7, 11) is 0. The zero-order chi connectivity index (χ0) is 35.1. The number of anilines is 2. The number of allylic oxidation sites excluding steroid dienone is 4. The van der Waals surface area contributed by atoms with Gasteiger partial charge in [0.1, 0.15) is 0 Å². The lowest BCUT2D eigenvalue weighted by molar-refractivity contribution is 0.931. The first kappa shape index (κ1) is 31.1. The highest BCUT2D eigenvalue weighted by molar-refractivity contribution is 6.31. The molecule has 9 aromatic rings. The van der Waals surface area contributed by atoms with Gasteiger partial charge in [-0.2, -0.15) is 0 Å². The van der Waals surface area contributed by atoms with E-state index in [1.54, 1.807) is 0 Å². The molecule has 1 aliphatic rings. The van der Waals surface area contributed by atoms with Gasteiger partial charge < -0.3 is 4.90 Å². The van der Waals surface area contributed by atoms with Crippen LogP contribution in [0.2, 0.25) is 0 Å². The normalized spacial score (nSPS) is 13.0. The van der Waals surface area contributed by atoms with Gasteiger partial charge in [-0.15, -0.1) is 0 Å². The molecule has 1 heteroatoms. The zero-order valence-corrected chi connectivity index (χ0v) is 29.4. The van der Waals surface area contributed by atoms with Gasteiger partial charge in [-0.3, -0.25) is 0 Å². The lowest BCUT2D eigenvalue weighted by Crippen LogP contribution is -2.17. The maximum absolute atomic E-state index is 2.49. The van der Waals surface area contributed by atoms with Crippen LogP contribution in [-0.2, 0) is 0 Å². The molecule has 250 valence electrons. The van der Waals surface area contributed by atoms with Gasteiger partial charge in [0.25, 0.3) is 0 Å². The molecule has 0 heterocycles. The van der Waals surface area contributed by atoms with E-state index in [1.165, 1.54) is 93.6 Å². The molecule has 0 aromatic heterocycles. The quantitative estimate of drug-likeness (QED) is 0.159. The van der Waals surface area contributed by atoms with Crippen molar-refractivity contribution in [2.45, 2.75) is 12.8 Å². The van der Waals surface area contributed by atoms with Gasteiger partial charge in [0.15, 0.2) is 0 Å². The summed E-state index contributed by atoms with van der Waals surface area (Å²) in [4.78, 5) is 2.44. The molecule has 10 rings (SSSR count). The average molecular weight is 676 g/mol. The van der Waals surface area contributed by atoms with Crippen LogP contribution in [0.3, 0.4) is 0 Å². The van der Waals surface area contributed by atoms with E-state index in [0.29, 0.717) is 0 Å². The highest BCUT2D eigenvalue weighted by Crippen LogP contribution is 2.49. The molecule has 0 N–H and O–H groups in total. The van der Waals surface area contributed by atoms with E-state index in [0.717, 1.165) is 12.8 Å². The van der Waals surface area contributed by atoms with E-state index in [4.69, 9.17) is 0 Å². The molecule has 0 spiro atoms. The van der Waals surface area contributed by atoms with Crippen molar-refractivity contribution < 1.29 is 0 Å². The Kier molecular flexibility index (Phi) is 7.69. The third-order valence-electron chi connectivity index (χ3n) is 10.9. The second-order valence-electron chi connectivity index (χ2n) is 14.0. The molecule has 9 aromatic carbocycles. The number of hydrogen-bond acceptors (Lipinski definition) is 1. The van der Waals surface area contributed by atoms with Gasteiger partial charge in [-0.25, -0.2) is 0 Å². The number of hydrogen-bond donors (Lipinski definition) is 0. The van der Waals surface area contributed by atoms with Crippen molar-refractivity contribution in [1.29, 1.82) is 0 Å². The van der Waals surface area contributed by atoms with Crippen LogP contribution in [0.4, 0.5) is 11.4 Å². The lowest BCUT2D eigenvalue weighted by atomic mass is 9.80. The first-order chi connectivity index (χ1) is 26.3. The third kappa shape index (κ3) is 5.41. The van der Waals surface area contributed by atoms with Gasteiger partial charge in [-0.1, -0.05) is 164 Å². The first-order valence-corrected chi connectivity index (χ1v) is 18.6. The topological polar surface area (TPSA) is 3.24 Å². The molecule has 0 bridgehead atoms. The van der Waals surface area contributed by atoms with E-state index < -0.39 is 0 Å². The molecule has 0 saturated carbocycles. The van der Waals surface area contributed by atoms with Crippen LogP contribution in [0.5, 0.6) is 0 Å². The summed E-state index contributed by atoms with van der Waals surface area (Å²) in [6.45, 7) is 0. The van der Waals surface area contributed by atoms with Crippen molar-refractivity contribution in [2.24, 2.45) is 0 Å². The lowest BCUT2D eigenvalue weighted by Gasteiger charge is -2.30. The van der Waals surface area contributed by atoms with E-state index in [9.17, 15) is 0 Å². The standard InChI is InChI=1S/C52H37N/c1-4-17-37(18-5-1)48-35-49(51-46-26-14-12-24-44(46)45-25-13-15-27-47(45)52(51)50(48)39-19-6-2-7-20-39)38-29-31-42(32-30-38)53(41-22-8-3-9-23-41)43-33-28-36-16-10-11-21-40(36)34-43/h1-29,31,33-35H,30,32H2. The number of benzene rings is 9. The van der Waals surface area contributed by atoms with Crippen LogP contribution in [0, 0.1) is 0 Å². The Labute approximate surface area is 310 Å². The van der Waals surface area contributed by atoms with Crippen LogP contribution in [-0.4, -0.2) is 0 Å². The second kappa shape index (κ2) is 13.1. The minimum absolute atomic E-state index is 0.918. The number of rotatable bonds is 6. The van der Waals surface area contributed by atoms with Crippen LogP contribution in [0.15, 0.2) is 206 Å². The maximum atomic E-state index is 2.49. The molecule has 0 amide bonds. The Morgan fingerprint density at radius 2 is 0.925 bits per heavy atom. The predicted octanol–water partition coefficient (Wildman–Crippen LogP) is 14.5. The van der Waals surface area contributed by atoms with Crippen molar-refractivity contribution in [3.8, 4) is 22.3 Å². The summed E-state index contributed by atoms with van der Waals surface area (Å²) in [5, 5.41) is 10.3. The summed E-state index contributed by atoms with van der Waals surface area (Å²) < 4.78 is 0. The molecular formula is C52H37N. The predicted molar refractivity (Wildman–Crippen MR) is 228 cm³/mol. The van der Waals surface area contributed by atoms with E-state index in [1.807, 2.05) is 0 Å². The van der Waals surface area contributed by atoms with Gasteiger partial charge >= 0.3 is 0 Å². The molecule has 0 aliphatic heterocycles. The number of para-hydroxylation sites is 1. The smallest absolute Gasteiger partial charge is 0.0464 e. The fourth-order valence-corrected chi connectivity index (χ4v) is 8.52. The zero-order valence-electron chi connectivity index (χ0n) is 29.4. The summed E-state index contributed by atoms with van der Waals surface area (Å²) in [6.07, 6.45) is 6.61. The van der Waals surface area contributed by atoms with Gasteiger partial charge in [-0.05, 0) is 126 Å². The van der Waals surface area contributed by atoms with Crippen molar-refractivity contribution in [1.82, 2.24) is 0 Å². The largest absolute Gasteiger partial charge is 0.314 e. The molecule has 1 aliphatic carbocycles. The van der Waals surface area contributed by atoms with E-state index in [-0.39, 0.29) is 0 Å². The third-order valence-corrected chi connectivity index (χ3v) is 10.9. The first-order valence-electron chi connectivity index (χ1n) is 18.6. The van der Waals surface area contributed by atoms with Gasteiger partial charge in [0.05, 0.1) is 0 Å². The summed E-state index contributed by atoms with van der Waals surface area (Å²) in [6, 6.07) is 68.6. The minimum atomic E-state index is 0.918. The van der Waals surface area contributed by atoms with Crippen molar-refractivity contribution in [3.63, 3.8) is 0 Å². The molecule has 0 atom stereocenters. The second-order valence-corrected chi connectivity index (χ2v) is 14.0. The maximum Gasteiger partial charge on any atom is 0.0464 e. The Hall–Kier alpha value is -6.70.